The molecule has 0 fully saturated rings. The zero-order valence-electron chi connectivity index (χ0n) is 13.7. The van der Waals surface area contributed by atoms with E-state index >= 15 is 0 Å². The number of aromatic nitrogens is 2. The van der Waals surface area contributed by atoms with Crippen molar-refractivity contribution in [2.45, 2.75) is 13.5 Å². The van der Waals surface area contributed by atoms with Crippen LogP contribution in [0.1, 0.15) is 4.88 Å². The summed E-state index contributed by atoms with van der Waals surface area (Å²) >= 11 is 1.46. The highest BCUT2D eigenvalue weighted by molar-refractivity contribution is 7.18. The van der Waals surface area contributed by atoms with Crippen molar-refractivity contribution >= 4 is 33.1 Å². The summed E-state index contributed by atoms with van der Waals surface area (Å²) < 4.78 is 6.81. The first-order chi connectivity index (χ1) is 12.1. The minimum absolute atomic E-state index is 0.119. The second-order valence-corrected chi connectivity index (χ2v) is 6.63. The van der Waals surface area contributed by atoms with Crippen molar-refractivity contribution in [3.05, 3.63) is 64.5 Å². The van der Waals surface area contributed by atoms with Crippen LogP contribution in [0.15, 0.2) is 54.1 Å². The minimum atomic E-state index is -0.329. The molecule has 128 valence electrons. The summed E-state index contributed by atoms with van der Waals surface area (Å²) in [7, 11) is 0. The number of thiophene rings is 1. The molecule has 3 rings (SSSR count). The molecule has 0 bridgehead atoms. The standard InChI is InChI=1S/C18H17N3O3S/c1-3-8-24-15-7-5-4-6-14(15)20-16(22)10-21-11-19-17-13(18(21)23)9-12(2)25-17/h3-7,9,11H,1,8,10H2,2H3,(H,20,22). The van der Waals surface area contributed by atoms with Crippen LogP contribution in [0.25, 0.3) is 10.2 Å². The summed E-state index contributed by atoms with van der Waals surface area (Å²) in [6, 6.07) is 8.90. The van der Waals surface area contributed by atoms with Crippen molar-refractivity contribution in [1.82, 2.24) is 9.55 Å². The van der Waals surface area contributed by atoms with Gasteiger partial charge in [-0.3, -0.25) is 14.2 Å². The summed E-state index contributed by atoms with van der Waals surface area (Å²) in [5, 5.41) is 3.30. The van der Waals surface area contributed by atoms with Gasteiger partial charge in [0.15, 0.2) is 0 Å². The van der Waals surface area contributed by atoms with Crippen molar-refractivity contribution in [2.75, 3.05) is 11.9 Å². The van der Waals surface area contributed by atoms with Crippen LogP contribution in [0.3, 0.4) is 0 Å². The van der Waals surface area contributed by atoms with Crippen LogP contribution < -0.4 is 15.6 Å². The highest BCUT2D eigenvalue weighted by Gasteiger charge is 2.12. The SMILES string of the molecule is C=CCOc1ccccc1NC(=O)Cn1cnc2sc(C)cc2c1=O. The number of amides is 1. The van der Waals surface area contributed by atoms with Gasteiger partial charge in [0, 0.05) is 4.88 Å². The van der Waals surface area contributed by atoms with Crippen LogP contribution in [0, 0.1) is 6.92 Å². The fraction of sp³-hybridized carbons (Fsp3) is 0.167. The number of aryl methyl sites for hydroxylation is 1. The zero-order valence-corrected chi connectivity index (χ0v) is 14.5. The Morgan fingerprint density at radius 2 is 2.24 bits per heavy atom. The fourth-order valence-corrected chi connectivity index (χ4v) is 3.22. The lowest BCUT2D eigenvalue weighted by Crippen LogP contribution is -2.27. The van der Waals surface area contributed by atoms with E-state index in [0.29, 0.717) is 28.3 Å². The minimum Gasteiger partial charge on any atom is -0.487 e. The Hall–Kier alpha value is -2.93. The Balaban J connectivity index is 1.78. The molecule has 3 aromatic rings. The number of anilines is 1. The van der Waals surface area contributed by atoms with Gasteiger partial charge in [-0.1, -0.05) is 24.8 Å². The Labute approximate surface area is 148 Å². The molecular weight excluding hydrogens is 338 g/mol. The zero-order chi connectivity index (χ0) is 17.8. The van der Waals surface area contributed by atoms with E-state index < -0.39 is 0 Å². The van der Waals surface area contributed by atoms with Crippen LogP contribution in [-0.2, 0) is 11.3 Å². The number of para-hydroxylation sites is 2. The number of carbonyl (C=O) groups is 1. The molecule has 0 atom stereocenters. The number of hydrogen-bond acceptors (Lipinski definition) is 5. The molecule has 1 aromatic carbocycles. The van der Waals surface area contributed by atoms with Gasteiger partial charge in [0.25, 0.3) is 5.56 Å². The van der Waals surface area contributed by atoms with E-state index in [-0.39, 0.29) is 18.0 Å². The molecule has 25 heavy (non-hydrogen) atoms. The molecule has 0 aliphatic heterocycles. The Morgan fingerprint density at radius 3 is 3.04 bits per heavy atom. The van der Waals surface area contributed by atoms with Gasteiger partial charge in [-0.25, -0.2) is 4.98 Å². The third-order valence-electron chi connectivity index (χ3n) is 3.47. The number of carbonyl (C=O) groups excluding carboxylic acids is 1. The van der Waals surface area contributed by atoms with E-state index in [4.69, 9.17) is 4.74 Å². The highest BCUT2D eigenvalue weighted by atomic mass is 32.1. The molecule has 0 spiro atoms. The molecule has 0 unspecified atom stereocenters. The molecule has 6 nitrogen and oxygen atoms in total. The lowest BCUT2D eigenvalue weighted by molar-refractivity contribution is -0.116. The maximum absolute atomic E-state index is 12.5. The molecule has 2 heterocycles. The molecule has 2 aromatic heterocycles. The predicted octanol–water partition coefficient (Wildman–Crippen LogP) is 2.97. The Bertz CT molecular complexity index is 991. The lowest BCUT2D eigenvalue weighted by Gasteiger charge is -2.12. The number of fused-ring (bicyclic) bond motifs is 1. The monoisotopic (exact) mass is 355 g/mol. The van der Waals surface area contributed by atoms with Gasteiger partial charge >= 0.3 is 0 Å². The maximum atomic E-state index is 12.5. The number of benzene rings is 1. The molecule has 0 radical (unpaired) electrons. The van der Waals surface area contributed by atoms with Crippen LogP contribution in [0.2, 0.25) is 0 Å². The molecule has 0 aliphatic rings. The second-order valence-electron chi connectivity index (χ2n) is 5.40. The van der Waals surface area contributed by atoms with Crippen molar-refractivity contribution < 1.29 is 9.53 Å². The van der Waals surface area contributed by atoms with Gasteiger partial charge in [-0.05, 0) is 25.1 Å². The first kappa shape index (κ1) is 16.9. The van der Waals surface area contributed by atoms with Crippen LogP contribution in [0.5, 0.6) is 5.75 Å². The van der Waals surface area contributed by atoms with Crippen molar-refractivity contribution in [2.24, 2.45) is 0 Å². The number of ether oxygens (including phenoxy) is 1. The molecule has 0 saturated carbocycles. The lowest BCUT2D eigenvalue weighted by atomic mass is 10.3. The van der Waals surface area contributed by atoms with E-state index in [9.17, 15) is 9.59 Å². The van der Waals surface area contributed by atoms with Gasteiger partial charge in [0.2, 0.25) is 5.91 Å². The van der Waals surface area contributed by atoms with Gasteiger partial charge in [-0.15, -0.1) is 11.3 Å². The first-order valence-electron chi connectivity index (χ1n) is 7.66. The average Bonchev–Trinajstić information content (AvgIpc) is 2.98. The molecule has 0 aliphatic carbocycles. The third-order valence-corrected chi connectivity index (χ3v) is 4.43. The quantitative estimate of drug-likeness (QED) is 0.690. The first-order valence-corrected chi connectivity index (χ1v) is 8.48. The molecule has 7 heteroatoms. The Morgan fingerprint density at radius 1 is 1.44 bits per heavy atom. The van der Waals surface area contributed by atoms with Gasteiger partial charge in [-0.2, -0.15) is 0 Å². The summed E-state index contributed by atoms with van der Waals surface area (Å²) in [5.41, 5.74) is 0.323. The molecule has 0 saturated heterocycles. The van der Waals surface area contributed by atoms with E-state index in [1.54, 1.807) is 30.3 Å². The fourth-order valence-electron chi connectivity index (χ4n) is 2.38. The molecular formula is C18H17N3O3S. The Kier molecular flexibility index (Phi) is 4.95. The number of hydrogen-bond donors (Lipinski definition) is 1. The van der Waals surface area contributed by atoms with Crippen molar-refractivity contribution in [3.8, 4) is 5.75 Å². The van der Waals surface area contributed by atoms with E-state index in [1.165, 1.54) is 22.2 Å². The predicted molar refractivity (Wildman–Crippen MR) is 99.4 cm³/mol. The normalized spacial score (nSPS) is 10.6. The third kappa shape index (κ3) is 3.77. The second kappa shape index (κ2) is 7.31. The van der Waals surface area contributed by atoms with Crippen molar-refractivity contribution in [3.63, 3.8) is 0 Å². The summed E-state index contributed by atoms with van der Waals surface area (Å²) in [6.07, 6.45) is 3.03. The van der Waals surface area contributed by atoms with E-state index in [0.717, 1.165) is 4.88 Å². The maximum Gasteiger partial charge on any atom is 0.262 e. The molecule has 1 amide bonds. The number of rotatable bonds is 6. The van der Waals surface area contributed by atoms with Crippen molar-refractivity contribution in [1.29, 1.82) is 0 Å². The summed E-state index contributed by atoms with van der Waals surface area (Å²) in [5.74, 6) is 0.218. The van der Waals surface area contributed by atoms with Gasteiger partial charge in [0.05, 0.1) is 17.4 Å². The van der Waals surface area contributed by atoms with Crippen LogP contribution >= 0.6 is 11.3 Å². The average molecular weight is 355 g/mol. The summed E-state index contributed by atoms with van der Waals surface area (Å²) in [4.78, 5) is 30.7. The molecule has 1 N–H and O–H groups in total. The van der Waals surface area contributed by atoms with Crippen LogP contribution in [0.4, 0.5) is 5.69 Å². The van der Waals surface area contributed by atoms with Gasteiger partial charge < -0.3 is 10.1 Å². The van der Waals surface area contributed by atoms with E-state index in [1.807, 2.05) is 13.0 Å². The largest absolute Gasteiger partial charge is 0.487 e. The van der Waals surface area contributed by atoms with Gasteiger partial charge in [0.1, 0.15) is 23.7 Å². The topological polar surface area (TPSA) is 73.2 Å². The number of nitrogens with zero attached hydrogens (tertiary/aromatic N) is 2. The summed E-state index contributed by atoms with van der Waals surface area (Å²) in [6.45, 7) is 5.74. The number of nitrogens with one attached hydrogen (secondary N) is 1. The highest BCUT2D eigenvalue weighted by Crippen LogP contribution is 2.24. The van der Waals surface area contributed by atoms with E-state index in [2.05, 4.69) is 16.9 Å². The van der Waals surface area contributed by atoms with Crippen LogP contribution in [-0.4, -0.2) is 22.1 Å². The smallest absolute Gasteiger partial charge is 0.262 e.